The smallest absolute Gasteiger partial charge is 0.303 e. The van der Waals surface area contributed by atoms with Crippen LogP contribution in [0.2, 0.25) is 0 Å². The molecule has 1 N–H and O–H groups in total. The Kier molecular flexibility index (Phi) is 6.37. The summed E-state index contributed by atoms with van der Waals surface area (Å²) < 4.78 is 12.0. The van der Waals surface area contributed by atoms with Gasteiger partial charge in [-0.1, -0.05) is 42.5 Å². The predicted octanol–water partition coefficient (Wildman–Crippen LogP) is 4.33. The summed E-state index contributed by atoms with van der Waals surface area (Å²) in [5.74, 6) is -1.04. The van der Waals surface area contributed by atoms with Crippen LogP contribution in [-0.4, -0.2) is 23.5 Å². The fourth-order valence-corrected chi connectivity index (χ4v) is 2.77. The van der Waals surface area contributed by atoms with Crippen LogP contribution in [0.25, 0.3) is 0 Å². The van der Waals surface area contributed by atoms with E-state index in [-0.39, 0.29) is 18.4 Å². The molecule has 1 heterocycles. The summed E-state index contributed by atoms with van der Waals surface area (Å²) >= 11 is 0. The molecule has 1 aliphatic rings. The van der Waals surface area contributed by atoms with Gasteiger partial charge >= 0.3 is 5.97 Å². The molecule has 0 unspecified atom stereocenters. The van der Waals surface area contributed by atoms with Crippen molar-refractivity contribution in [1.29, 1.82) is 0 Å². The van der Waals surface area contributed by atoms with Gasteiger partial charge in [-0.15, -0.1) is 0 Å². The Balaban J connectivity index is 1.93. The Bertz CT molecular complexity index is 521. The van der Waals surface area contributed by atoms with Crippen LogP contribution in [0.5, 0.6) is 0 Å². The number of hydrogen-bond donors (Lipinski definition) is 1. The molecular weight excluding hydrogens is 292 g/mol. The number of unbranched alkanes of at least 4 members (excludes halogenated alkanes) is 1. The van der Waals surface area contributed by atoms with E-state index in [0.717, 1.165) is 12.8 Å². The molecule has 1 aromatic carbocycles. The lowest BCUT2D eigenvalue weighted by Crippen LogP contribution is -2.41. The molecule has 2 rings (SSSR count). The van der Waals surface area contributed by atoms with Gasteiger partial charge in [-0.2, -0.15) is 0 Å². The van der Waals surface area contributed by atoms with Crippen molar-refractivity contribution >= 4 is 5.97 Å². The highest BCUT2D eigenvalue weighted by Crippen LogP contribution is 2.38. The Hall–Kier alpha value is -1.65. The average molecular weight is 318 g/mol. The third-order valence-electron chi connectivity index (χ3n) is 3.98. The van der Waals surface area contributed by atoms with E-state index >= 15 is 0 Å². The van der Waals surface area contributed by atoms with Crippen LogP contribution in [-0.2, 0) is 14.3 Å². The standard InChI is InChI=1S/C19H26O4/c1-19(2)22-14-16(12-6-3-4-9-13-17(20)21)18(23-19)15-10-7-5-8-11-15/h3,5-8,10-11,16,18H,4,9,12-14H2,1-2H3,(H,20,21)/b6-3-/t16-,18+/m0/s1. The van der Waals surface area contributed by atoms with E-state index in [1.54, 1.807) is 0 Å². The molecule has 0 radical (unpaired) electrons. The third-order valence-corrected chi connectivity index (χ3v) is 3.98. The van der Waals surface area contributed by atoms with Crippen LogP contribution in [0.1, 0.15) is 51.2 Å². The van der Waals surface area contributed by atoms with Crippen molar-refractivity contribution in [2.75, 3.05) is 6.61 Å². The summed E-state index contributed by atoms with van der Waals surface area (Å²) in [6.07, 6.45) is 6.76. The van der Waals surface area contributed by atoms with Crippen LogP contribution < -0.4 is 0 Å². The molecule has 1 fully saturated rings. The van der Waals surface area contributed by atoms with E-state index in [0.29, 0.717) is 13.0 Å². The highest BCUT2D eigenvalue weighted by molar-refractivity contribution is 5.66. The van der Waals surface area contributed by atoms with Crippen molar-refractivity contribution in [2.24, 2.45) is 5.92 Å². The van der Waals surface area contributed by atoms with Gasteiger partial charge in [0.1, 0.15) is 0 Å². The number of carboxylic acids is 1. The first-order chi connectivity index (χ1) is 11.0. The fourth-order valence-electron chi connectivity index (χ4n) is 2.77. The minimum Gasteiger partial charge on any atom is -0.481 e. The first-order valence-corrected chi connectivity index (χ1v) is 8.21. The topological polar surface area (TPSA) is 55.8 Å². The van der Waals surface area contributed by atoms with Crippen LogP contribution in [0.3, 0.4) is 0 Å². The summed E-state index contributed by atoms with van der Waals surface area (Å²) in [6, 6.07) is 10.2. The maximum atomic E-state index is 10.5. The van der Waals surface area contributed by atoms with Crippen molar-refractivity contribution in [3.05, 3.63) is 48.0 Å². The Morgan fingerprint density at radius 1 is 1.30 bits per heavy atom. The van der Waals surface area contributed by atoms with Gasteiger partial charge in [-0.25, -0.2) is 0 Å². The summed E-state index contributed by atoms with van der Waals surface area (Å²) in [5, 5.41) is 8.63. The molecule has 0 bridgehead atoms. The highest BCUT2D eigenvalue weighted by Gasteiger charge is 2.36. The lowest BCUT2D eigenvalue weighted by Gasteiger charge is -2.41. The molecule has 0 aromatic heterocycles. The second kappa shape index (κ2) is 8.27. The number of allylic oxidation sites excluding steroid dienone is 2. The van der Waals surface area contributed by atoms with E-state index in [9.17, 15) is 4.79 Å². The van der Waals surface area contributed by atoms with Crippen molar-refractivity contribution in [3.8, 4) is 0 Å². The van der Waals surface area contributed by atoms with Gasteiger partial charge in [-0.3, -0.25) is 4.79 Å². The van der Waals surface area contributed by atoms with E-state index in [2.05, 4.69) is 24.3 Å². The molecule has 1 saturated heterocycles. The van der Waals surface area contributed by atoms with Crippen molar-refractivity contribution < 1.29 is 19.4 Å². The van der Waals surface area contributed by atoms with Crippen molar-refractivity contribution in [2.45, 2.75) is 51.4 Å². The number of carboxylic acid groups (broad SMARTS) is 1. The number of carbonyl (C=O) groups is 1. The monoisotopic (exact) mass is 318 g/mol. The Morgan fingerprint density at radius 3 is 2.74 bits per heavy atom. The lowest BCUT2D eigenvalue weighted by atomic mass is 9.91. The largest absolute Gasteiger partial charge is 0.481 e. The van der Waals surface area contributed by atoms with Gasteiger partial charge in [0.2, 0.25) is 0 Å². The average Bonchev–Trinajstić information content (AvgIpc) is 2.52. The van der Waals surface area contributed by atoms with Gasteiger partial charge in [0, 0.05) is 12.3 Å². The van der Waals surface area contributed by atoms with Crippen LogP contribution in [0.15, 0.2) is 42.5 Å². The number of benzene rings is 1. The minimum atomic E-state index is -0.737. The molecule has 126 valence electrons. The predicted molar refractivity (Wildman–Crippen MR) is 89.0 cm³/mol. The van der Waals surface area contributed by atoms with Gasteiger partial charge < -0.3 is 14.6 Å². The summed E-state index contributed by atoms with van der Waals surface area (Å²) in [4.78, 5) is 10.5. The summed E-state index contributed by atoms with van der Waals surface area (Å²) in [6.45, 7) is 4.55. The highest BCUT2D eigenvalue weighted by atomic mass is 16.7. The zero-order valence-electron chi connectivity index (χ0n) is 13.9. The van der Waals surface area contributed by atoms with Gasteiger partial charge in [0.15, 0.2) is 5.79 Å². The number of ether oxygens (including phenoxy) is 2. The zero-order valence-corrected chi connectivity index (χ0v) is 13.9. The molecule has 1 aliphatic heterocycles. The molecule has 23 heavy (non-hydrogen) atoms. The normalized spacial score (nSPS) is 23.9. The zero-order chi connectivity index (χ0) is 16.7. The maximum absolute atomic E-state index is 10.5. The van der Waals surface area contributed by atoms with Gasteiger partial charge in [-0.05, 0) is 38.7 Å². The van der Waals surface area contributed by atoms with Crippen LogP contribution in [0, 0.1) is 5.92 Å². The maximum Gasteiger partial charge on any atom is 0.303 e. The Morgan fingerprint density at radius 2 is 2.04 bits per heavy atom. The van der Waals surface area contributed by atoms with Gasteiger partial charge in [0.25, 0.3) is 0 Å². The van der Waals surface area contributed by atoms with Crippen LogP contribution >= 0.6 is 0 Å². The molecule has 0 amide bonds. The molecule has 0 saturated carbocycles. The first kappa shape index (κ1) is 17.7. The second-order valence-corrected chi connectivity index (χ2v) is 6.41. The summed E-state index contributed by atoms with van der Waals surface area (Å²) in [5.41, 5.74) is 1.17. The molecule has 4 heteroatoms. The molecule has 1 aromatic rings. The molecule has 4 nitrogen and oxygen atoms in total. The quantitative estimate of drug-likeness (QED) is 0.600. The molecule has 2 atom stereocenters. The summed E-state index contributed by atoms with van der Waals surface area (Å²) in [7, 11) is 0. The minimum absolute atomic E-state index is 0.0172. The number of rotatable bonds is 7. The van der Waals surface area contributed by atoms with Crippen molar-refractivity contribution in [3.63, 3.8) is 0 Å². The van der Waals surface area contributed by atoms with E-state index < -0.39 is 11.8 Å². The fraction of sp³-hybridized carbons (Fsp3) is 0.526. The van der Waals surface area contributed by atoms with Crippen LogP contribution in [0.4, 0.5) is 0 Å². The lowest BCUT2D eigenvalue weighted by molar-refractivity contribution is -0.295. The van der Waals surface area contributed by atoms with E-state index in [1.807, 2.05) is 32.0 Å². The Labute approximate surface area is 138 Å². The molecule has 0 aliphatic carbocycles. The molecule has 0 spiro atoms. The van der Waals surface area contributed by atoms with E-state index in [4.69, 9.17) is 14.6 Å². The van der Waals surface area contributed by atoms with E-state index in [1.165, 1.54) is 5.56 Å². The van der Waals surface area contributed by atoms with Crippen molar-refractivity contribution in [1.82, 2.24) is 0 Å². The first-order valence-electron chi connectivity index (χ1n) is 8.21. The molecular formula is C19H26O4. The number of aliphatic carboxylic acids is 1. The second-order valence-electron chi connectivity index (χ2n) is 6.41. The third kappa shape index (κ3) is 5.81. The number of hydrogen-bond acceptors (Lipinski definition) is 3. The SMILES string of the molecule is CC1(C)OC[C@H](C/C=C\CCCC(=O)O)[C@@H](c2ccccc2)O1. The van der Waals surface area contributed by atoms with Gasteiger partial charge in [0.05, 0.1) is 12.7 Å².